The number of hydrogen-bond donors (Lipinski definition) is 2. The van der Waals surface area contributed by atoms with Gasteiger partial charge in [-0.1, -0.05) is 18.9 Å². The van der Waals surface area contributed by atoms with Crippen LogP contribution >= 0.6 is 0 Å². The molecule has 1 aliphatic carbocycles. The molecule has 5 rings (SSSR count). The van der Waals surface area contributed by atoms with Crippen LogP contribution in [0.15, 0.2) is 59.9 Å². The fourth-order valence-electron chi connectivity index (χ4n) is 3.17. The van der Waals surface area contributed by atoms with E-state index in [0.29, 0.717) is 17.3 Å². The average Bonchev–Trinajstić information content (AvgIpc) is 3.41. The number of nitrogens with zero attached hydrogens (tertiary/aromatic N) is 5. The molecule has 0 radical (unpaired) electrons. The van der Waals surface area contributed by atoms with Crippen molar-refractivity contribution in [2.24, 2.45) is 0 Å². The molecule has 0 spiro atoms. The molecule has 142 valence electrons. The molecule has 2 N–H and O–H groups in total. The Hall–Kier alpha value is -2.55. The summed E-state index contributed by atoms with van der Waals surface area (Å²) in [6.07, 6.45) is 14.3. The largest absolute Gasteiger partial charge is 1.00 e. The SMILES string of the molecule is O=c1ccccn1-c1ccc(NC2CCCC2)nc1.[Na+].[c-]1nc2nccnc2[nH]1. The number of rotatable bonds is 3. The van der Waals surface area contributed by atoms with Crippen molar-refractivity contribution < 1.29 is 29.6 Å². The number of hydrogen-bond acceptors (Lipinski definition) is 6. The Morgan fingerprint density at radius 2 is 1.90 bits per heavy atom. The first-order chi connectivity index (χ1) is 13.8. The summed E-state index contributed by atoms with van der Waals surface area (Å²) < 4.78 is 1.59. The van der Waals surface area contributed by atoms with Gasteiger partial charge in [0.2, 0.25) is 0 Å². The van der Waals surface area contributed by atoms with Crippen LogP contribution in [0.3, 0.4) is 0 Å². The maximum atomic E-state index is 11.7. The van der Waals surface area contributed by atoms with E-state index in [2.05, 4.69) is 36.6 Å². The van der Waals surface area contributed by atoms with Crippen molar-refractivity contribution in [1.82, 2.24) is 29.5 Å². The van der Waals surface area contributed by atoms with Gasteiger partial charge in [0.1, 0.15) is 5.82 Å². The maximum Gasteiger partial charge on any atom is 1.00 e. The van der Waals surface area contributed by atoms with Crippen LogP contribution in [0.2, 0.25) is 0 Å². The quantitative estimate of drug-likeness (QED) is 0.365. The standard InChI is InChI=1S/C15H17N3O.C5H3N4.Na/c19-15-7-3-4-10-18(15)13-8-9-14(16-11-13)17-12-5-1-2-6-12;1-2-7-5-4(6-1)8-3-9-5;/h3-4,7-12H,1-2,5-6H2,(H,16,17);1-2H,(H,6,7,8,9);/q;-1;+1. The maximum absolute atomic E-state index is 11.7. The van der Waals surface area contributed by atoms with E-state index in [1.807, 2.05) is 18.2 Å². The van der Waals surface area contributed by atoms with Gasteiger partial charge in [0.25, 0.3) is 5.56 Å². The third-order valence-electron chi connectivity index (χ3n) is 4.57. The predicted molar refractivity (Wildman–Crippen MR) is 106 cm³/mol. The van der Waals surface area contributed by atoms with Crippen molar-refractivity contribution in [2.75, 3.05) is 5.32 Å². The van der Waals surface area contributed by atoms with Gasteiger partial charge in [-0.3, -0.25) is 9.36 Å². The monoisotopic (exact) mass is 397 g/mol. The molecule has 29 heavy (non-hydrogen) atoms. The van der Waals surface area contributed by atoms with Gasteiger partial charge in [-0.2, -0.15) is 0 Å². The summed E-state index contributed by atoms with van der Waals surface area (Å²) in [5, 5.41) is 3.44. The van der Waals surface area contributed by atoms with E-state index in [0.717, 1.165) is 11.5 Å². The zero-order valence-electron chi connectivity index (χ0n) is 16.2. The molecule has 0 unspecified atom stereocenters. The van der Waals surface area contributed by atoms with Crippen molar-refractivity contribution in [3.05, 3.63) is 71.8 Å². The van der Waals surface area contributed by atoms with Gasteiger partial charge in [-0.15, -0.1) is 0 Å². The van der Waals surface area contributed by atoms with E-state index in [4.69, 9.17) is 0 Å². The van der Waals surface area contributed by atoms with Crippen molar-refractivity contribution >= 4 is 17.1 Å². The first-order valence-electron chi connectivity index (χ1n) is 9.23. The number of aromatic amines is 1. The van der Waals surface area contributed by atoms with Gasteiger partial charge >= 0.3 is 29.6 Å². The molecular weight excluding hydrogens is 377 g/mol. The first-order valence-corrected chi connectivity index (χ1v) is 9.23. The number of aromatic nitrogens is 6. The zero-order chi connectivity index (χ0) is 19.2. The summed E-state index contributed by atoms with van der Waals surface area (Å²) in [4.78, 5) is 30.4. The first kappa shape index (κ1) is 21.2. The van der Waals surface area contributed by atoms with Gasteiger partial charge in [-0.05, 0) is 31.0 Å². The number of imidazole rings is 1. The second-order valence-electron chi connectivity index (χ2n) is 6.51. The van der Waals surface area contributed by atoms with Crippen LogP contribution in [0, 0.1) is 6.33 Å². The summed E-state index contributed by atoms with van der Waals surface area (Å²) in [6.45, 7) is 0. The molecule has 4 aromatic heterocycles. The number of H-pyrrole nitrogens is 1. The minimum Gasteiger partial charge on any atom is -0.444 e. The minimum absolute atomic E-state index is 0. The molecule has 0 amide bonds. The zero-order valence-corrected chi connectivity index (χ0v) is 18.2. The fraction of sp³-hybridized carbons (Fsp3) is 0.250. The topological polar surface area (TPSA) is 101 Å². The van der Waals surface area contributed by atoms with E-state index in [1.54, 1.807) is 41.5 Å². The summed E-state index contributed by atoms with van der Waals surface area (Å²) >= 11 is 0. The molecule has 8 nitrogen and oxygen atoms in total. The molecular formula is C20H20N7NaO. The Bertz CT molecular complexity index is 1060. The Labute approximate surface area is 190 Å². The van der Waals surface area contributed by atoms with E-state index in [9.17, 15) is 4.79 Å². The molecule has 0 bridgehead atoms. The van der Waals surface area contributed by atoms with Gasteiger partial charge < -0.3 is 25.3 Å². The number of nitrogens with one attached hydrogen (secondary N) is 2. The van der Waals surface area contributed by atoms with Crippen LogP contribution in [0.5, 0.6) is 0 Å². The van der Waals surface area contributed by atoms with Crippen molar-refractivity contribution in [3.63, 3.8) is 0 Å². The van der Waals surface area contributed by atoms with Crippen LogP contribution in [0.25, 0.3) is 17.0 Å². The molecule has 0 aliphatic heterocycles. The molecule has 9 heteroatoms. The summed E-state index contributed by atoms with van der Waals surface area (Å²) in [5.74, 6) is 0.889. The van der Waals surface area contributed by atoms with Gasteiger partial charge in [0, 0.05) is 48.3 Å². The molecule has 1 saturated carbocycles. The predicted octanol–water partition coefficient (Wildman–Crippen LogP) is -0.256. The third-order valence-corrected chi connectivity index (χ3v) is 4.57. The number of fused-ring (bicyclic) bond motifs is 1. The smallest absolute Gasteiger partial charge is 0.444 e. The minimum atomic E-state index is -0.0409. The summed E-state index contributed by atoms with van der Waals surface area (Å²) in [6, 6.07) is 9.54. The fourth-order valence-corrected chi connectivity index (χ4v) is 3.17. The van der Waals surface area contributed by atoms with E-state index in [-0.39, 0.29) is 35.1 Å². The van der Waals surface area contributed by atoms with E-state index >= 15 is 0 Å². The summed E-state index contributed by atoms with van der Waals surface area (Å²) in [7, 11) is 0. The molecule has 0 aromatic carbocycles. The second-order valence-corrected chi connectivity index (χ2v) is 6.51. The number of anilines is 1. The molecule has 1 fully saturated rings. The number of pyridine rings is 2. The van der Waals surface area contributed by atoms with Crippen molar-refractivity contribution in [1.29, 1.82) is 0 Å². The molecule has 1 aliphatic rings. The van der Waals surface area contributed by atoms with Gasteiger partial charge in [0.05, 0.1) is 11.9 Å². The molecule has 0 saturated heterocycles. The Balaban J connectivity index is 0.000000201. The summed E-state index contributed by atoms with van der Waals surface area (Å²) in [5.41, 5.74) is 2.04. The van der Waals surface area contributed by atoms with Crippen LogP contribution in [0.4, 0.5) is 5.82 Å². The van der Waals surface area contributed by atoms with E-state index in [1.165, 1.54) is 25.7 Å². The van der Waals surface area contributed by atoms with Crippen LogP contribution in [-0.2, 0) is 0 Å². The normalized spacial score (nSPS) is 13.4. The van der Waals surface area contributed by atoms with Crippen molar-refractivity contribution in [3.8, 4) is 5.69 Å². The Morgan fingerprint density at radius 3 is 2.62 bits per heavy atom. The molecule has 0 atom stereocenters. The van der Waals surface area contributed by atoms with E-state index < -0.39 is 0 Å². The van der Waals surface area contributed by atoms with Gasteiger partial charge in [-0.25, -0.2) is 4.98 Å². The Morgan fingerprint density at radius 1 is 1.07 bits per heavy atom. The average molecular weight is 397 g/mol. The molecule has 4 heterocycles. The third kappa shape index (κ3) is 5.50. The second kappa shape index (κ2) is 10.3. The van der Waals surface area contributed by atoms with Gasteiger partial charge in [0.15, 0.2) is 0 Å². The van der Waals surface area contributed by atoms with Crippen LogP contribution < -0.4 is 40.4 Å². The van der Waals surface area contributed by atoms with Crippen LogP contribution in [0.1, 0.15) is 25.7 Å². The van der Waals surface area contributed by atoms with Crippen LogP contribution in [-0.4, -0.2) is 35.5 Å². The molecule has 4 aromatic rings. The van der Waals surface area contributed by atoms with Crippen molar-refractivity contribution in [2.45, 2.75) is 31.7 Å². The Kier molecular flexibility index (Phi) is 7.51.